The van der Waals surface area contributed by atoms with Gasteiger partial charge < -0.3 is 13.6 Å². The number of halogens is 2. The van der Waals surface area contributed by atoms with E-state index in [0.29, 0.717) is 24.4 Å². The van der Waals surface area contributed by atoms with E-state index in [1.165, 1.54) is 12.1 Å². The van der Waals surface area contributed by atoms with E-state index in [1.54, 1.807) is 0 Å². The Bertz CT molecular complexity index is 422. The molecule has 0 aliphatic carbocycles. The average molecular weight is 318 g/mol. The lowest BCUT2D eigenvalue weighted by molar-refractivity contribution is 0.0474. The normalized spacial score (nSPS) is 12.4. The molecule has 6 heteroatoms. The van der Waals surface area contributed by atoms with Crippen LogP contribution >= 0.6 is 0 Å². The summed E-state index contributed by atoms with van der Waals surface area (Å²) in [6, 6.07) is 3.81. The van der Waals surface area contributed by atoms with Gasteiger partial charge in [0.15, 0.2) is 0 Å². The summed E-state index contributed by atoms with van der Waals surface area (Å²) in [4.78, 5) is 10.5. The monoisotopic (exact) mass is 318 g/mol. The maximum Gasteiger partial charge on any atom is 0.498 e. The van der Waals surface area contributed by atoms with Gasteiger partial charge in [-0.05, 0) is 58.2 Å². The minimum atomic E-state index is -3.24. The van der Waals surface area contributed by atoms with Crippen LogP contribution in [0.25, 0.3) is 0 Å². The molecule has 0 saturated carbocycles. The van der Waals surface area contributed by atoms with Crippen LogP contribution in [-0.4, -0.2) is 25.8 Å². The molecule has 1 rings (SSSR count). The predicted molar refractivity (Wildman–Crippen MR) is 79.9 cm³/mol. The summed E-state index contributed by atoms with van der Waals surface area (Å²) < 4.78 is 37.3. The van der Waals surface area contributed by atoms with Gasteiger partial charge >= 0.3 is 8.80 Å². The van der Waals surface area contributed by atoms with Crippen molar-refractivity contribution in [1.82, 2.24) is 0 Å². The average Bonchev–Trinajstić information content (AvgIpc) is 2.24. The standard InChI is InChI=1S/C15H24F2O3Si/c1-11(2)19-21(18,20-12(3)4)7-5-6-13-8-14(16)10-15(17)9-13/h8-12,18H,5-7H2,1-4H3. The molecule has 0 spiro atoms. The molecule has 1 aromatic carbocycles. The highest BCUT2D eigenvalue weighted by atomic mass is 28.4. The van der Waals surface area contributed by atoms with Crippen molar-refractivity contribution in [2.75, 3.05) is 0 Å². The first kappa shape index (κ1) is 18.2. The Hall–Kier alpha value is -0.823. The molecule has 0 amide bonds. The molecule has 120 valence electrons. The smallest absolute Gasteiger partial charge is 0.390 e. The van der Waals surface area contributed by atoms with Crippen LogP contribution in [0.1, 0.15) is 39.7 Å². The van der Waals surface area contributed by atoms with E-state index < -0.39 is 20.4 Å². The third kappa shape index (κ3) is 7.13. The van der Waals surface area contributed by atoms with Gasteiger partial charge in [0.1, 0.15) is 11.6 Å². The number of hydrogen-bond donors (Lipinski definition) is 1. The van der Waals surface area contributed by atoms with E-state index in [1.807, 2.05) is 27.7 Å². The van der Waals surface area contributed by atoms with Crippen molar-refractivity contribution in [2.45, 2.75) is 58.8 Å². The molecule has 21 heavy (non-hydrogen) atoms. The SMILES string of the molecule is CC(C)O[Si](O)(CCCc1cc(F)cc(F)c1)OC(C)C. The van der Waals surface area contributed by atoms with Crippen LogP contribution in [0.3, 0.4) is 0 Å². The van der Waals surface area contributed by atoms with E-state index in [2.05, 4.69) is 0 Å². The maximum absolute atomic E-state index is 13.1. The Labute approximate surface area is 126 Å². The minimum Gasteiger partial charge on any atom is -0.390 e. The van der Waals surface area contributed by atoms with Crippen molar-refractivity contribution >= 4 is 8.80 Å². The van der Waals surface area contributed by atoms with Crippen molar-refractivity contribution in [3.63, 3.8) is 0 Å². The molecular weight excluding hydrogens is 294 g/mol. The highest BCUT2D eigenvalue weighted by molar-refractivity contribution is 6.59. The summed E-state index contributed by atoms with van der Waals surface area (Å²) >= 11 is 0. The summed E-state index contributed by atoms with van der Waals surface area (Å²) in [5, 5.41) is 0. The fraction of sp³-hybridized carbons (Fsp3) is 0.600. The Kier molecular flexibility index (Phi) is 6.93. The molecule has 0 radical (unpaired) electrons. The molecule has 0 aliphatic heterocycles. The number of aryl methyl sites for hydroxylation is 1. The van der Waals surface area contributed by atoms with Crippen molar-refractivity contribution in [2.24, 2.45) is 0 Å². The van der Waals surface area contributed by atoms with Gasteiger partial charge in [0.2, 0.25) is 0 Å². The molecule has 0 heterocycles. The predicted octanol–water partition coefficient (Wildman–Crippen LogP) is 3.68. The first-order chi connectivity index (χ1) is 9.70. The number of benzene rings is 1. The molecule has 0 bridgehead atoms. The van der Waals surface area contributed by atoms with E-state index in [9.17, 15) is 13.6 Å². The molecule has 0 unspecified atom stereocenters. The highest BCUT2D eigenvalue weighted by Gasteiger charge is 2.38. The van der Waals surface area contributed by atoms with Crippen molar-refractivity contribution in [3.05, 3.63) is 35.4 Å². The highest BCUT2D eigenvalue weighted by Crippen LogP contribution is 2.19. The fourth-order valence-electron chi connectivity index (χ4n) is 2.15. The molecule has 1 aromatic rings. The van der Waals surface area contributed by atoms with Crippen LogP contribution in [0.2, 0.25) is 6.04 Å². The van der Waals surface area contributed by atoms with Crippen molar-refractivity contribution < 1.29 is 22.4 Å². The second-order valence-corrected chi connectivity index (χ2v) is 8.07. The Morgan fingerprint density at radius 3 is 1.90 bits per heavy atom. The van der Waals surface area contributed by atoms with Crippen LogP contribution in [-0.2, 0) is 15.3 Å². The van der Waals surface area contributed by atoms with Crippen LogP contribution < -0.4 is 0 Å². The number of rotatable bonds is 8. The summed E-state index contributed by atoms with van der Waals surface area (Å²) in [5.74, 6) is -1.18. The molecule has 0 saturated heterocycles. The van der Waals surface area contributed by atoms with Gasteiger partial charge in [-0.1, -0.05) is 0 Å². The lowest BCUT2D eigenvalue weighted by atomic mass is 10.1. The third-order valence-corrected chi connectivity index (χ3v) is 5.39. The first-order valence-corrected chi connectivity index (χ1v) is 9.20. The molecule has 0 aromatic heterocycles. The maximum atomic E-state index is 13.1. The molecule has 0 aliphatic rings. The quantitative estimate of drug-likeness (QED) is 0.743. The molecule has 0 fully saturated rings. The summed E-state index contributed by atoms with van der Waals surface area (Å²) in [5.41, 5.74) is 0.568. The molecular formula is C15H24F2O3Si. The molecule has 1 N–H and O–H groups in total. The fourth-order valence-corrected chi connectivity index (χ4v) is 4.54. The lowest BCUT2D eigenvalue weighted by Crippen LogP contribution is -2.46. The third-order valence-electron chi connectivity index (χ3n) is 2.72. The van der Waals surface area contributed by atoms with Gasteiger partial charge in [0.25, 0.3) is 0 Å². The van der Waals surface area contributed by atoms with Gasteiger partial charge in [-0.25, -0.2) is 8.78 Å². The van der Waals surface area contributed by atoms with Crippen molar-refractivity contribution in [3.8, 4) is 0 Å². The Balaban J connectivity index is 2.60. The van der Waals surface area contributed by atoms with Gasteiger partial charge in [0.05, 0.1) is 0 Å². The Morgan fingerprint density at radius 1 is 1.00 bits per heavy atom. The van der Waals surface area contributed by atoms with Crippen LogP contribution in [0.5, 0.6) is 0 Å². The largest absolute Gasteiger partial charge is 0.498 e. The summed E-state index contributed by atoms with van der Waals surface area (Å²) in [6.07, 6.45) is 0.747. The topological polar surface area (TPSA) is 38.7 Å². The molecule has 0 atom stereocenters. The van der Waals surface area contributed by atoms with E-state index >= 15 is 0 Å². The zero-order valence-corrected chi connectivity index (χ0v) is 14.0. The van der Waals surface area contributed by atoms with Gasteiger partial charge in [-0.2, -0.15) is 0 Å². The second-order valence-electron chi connectivity index (χ2n) is 5.68. The number of hydrogen-bond acceptors (Lipinski definition) is 3. The van der Waals surface area contributed by atoms with Gasteiger partial charge in [-0.3, -0.25) is 0 Å². The van der Waals surface area contributed by atoms with Crippen LogP contribution in [0, 0.1) is 11.6 Å². The van der Waals surface area contributed by atoms with Crippen LogP contribution in [0.4, 0.5) is 8.78 Å². The van der Waals surface area contributed by atoms with Crippen LogP contribution in [0.15, 0.2) is 18.2 Å². The molecule has 3 nitrogen and oxygen atoms in total. The van der Waals surface area contributed by atoms with Gasteiger partial charge in [-0.15, -0.1) is 0 Å². The zero-order chi connectivity index (χ0) is 16.0. The van der Waals surface area contributed by atoms with E-state index in [0.717, 1.165) is 6.07 Å². The summed E-state index contributed by atoms with van der Waals surface area (Å²) in [6.45, 7) is 7.35. The summed E-state index contributed by atoms with van der Waals surface area (Å²) in [7, 11) is -3.24. The van der Waals surface area contributed by atoms with Gasteiger partial charge in [0, 0.05) is 24.3 Å². The first-order valence-electron chi connectivity index (χ1n) is 7.23. The minimum absolute atomic E-state index is 0.132. The Morgan fingerprint density at radius 2 is 1.48 bits per heavy atom. The second kappa shape index (κ2) is 7.98. The van der Waals surface area contributed by atoms with E-state index in [-0.39, 0.29) is 12.2 Å². The van der Waals surface area contributed by atoms with Crippen molar-refractivity contribution in [1.29, 1.82) is 0 Å². The lowest BCUT2D eigenvalue weighted by Gasteiger charge is -2.28. The zero-order valence-electron chi connectivity index (χ0n) is 13.0. The van der Waals surface area contributed by atoms with E-state index in [4.69, 9.17) is 8.85 Å².